The molecule has 1 aliphatic heterocycles. The summed E-state index contributed by atoms with van der Waals surface area (Å²) in [6, 6.07) is 11.9. The number of hydrogen-bond donors (Lipinski definition) is 1. The van der Waals surface area contributed by atoms with E-state index in [1.165, 1.54) is 49.4 Å². The molecular formula is C39H43CsF6N8O3Si. The third kappa shape index (κ3) is 12.7. The number of hydrogen-bond acceptors (Lipinski definition) is 9. The van der Waals surface area contributed by atoms with E-state index in [2.05, 4.69) is 56.6 Å². The van der Waals surface area contributed by atoms with Crippen LogP contribution in [0.4, 0.5) is 22.0 Å². The summed E-state index contributed by atoms with van der Waals surface area (Å²) >= 11 is 0. The number of rotatable bonds is 6. The van der Waals surface area contributed by atoms with E-state index in [0.29, 0.717) is 35.0 Å². The number of aldehydes is 1. The number of fused-ring (bicyclic) bond motifs is 2. The molecule has 304 valence electrons. The SMILES string of the molecule is C1CCOC1.C[Si](C)(C)C.O=Cc1cc(-c2nc3ccc(F)cc3n2C2CC2)cnn1.OC(c1cc(-c2nc3ccc(F)cc3n2C2CC2)cnn1)C(F)(F)F.[Cs+].[F-]. The Labute approximate surface area is 391 Å². The van der Waals surface area contributed by atoms with Crippen LogP contribution >= 0.6 is 0 Å². The molecule has 11 nitrogen and oxygen atoms in total. The van der Waals surface area contributed by atoms with Crippen LogP contribution in [0.15, 0.2) is 60.9 Å². The summed E-state index contributed by atoms with van der Waals surface area (Å²) in [5.41, 5.74) is 3.29. The maximum absolute atomic E-state index is 13.6. The predicted molar refractivity (Wildman–Crippen MR) is 204 cm³/mol. The van der Waals surface area contributed by atoms with Crippen LogP contribution in [0.1, 0.15) is 72.9 Å². The van der Waals surface area contributed by atoms with Gasteiger partial charge < -0.3 is 23.7 Å². The number of ether oxygens (including phenoxy) is 1. The number of aromatic nitrogens is 8. The molecule has 9 rings (SSSR count). The van der Waals surface area contributed by atoms with Gasteiger partial charge in [-0.1, -0.05) is 26.2 Å². The Hall–Kier alpha value is -3.02. The van der Waals surface area contributed by atoms with Crippen LogP contribution in [0.2, 0.25) is 26.2 Å². The molecule has 0 bridgehead atoms. The molecule has 2 saturated carbocycles. The zero-order valence-corrected chi connectivity index (χ0v) is 40.1. The smallest absolute Gasteiger partial charge is 1.00 e. The maximum Gasteiger partial charge on any atom is 1.00 e. The van der Waals surface area contributed by atoms with Crippen LogP contribution in [0.3, 0.4) is 0 Å². The Balaban J connectivity index is 0.000000203. The van der Waals surface area contributed by atoms with Crippen molar-refractivity contribution in [3.05, 3.63) is 83.9 Å². The average molecular weight is 947 g/mol. The molecule has 3 fully saturated rings. The van der Waals surface area contributed by atoms with Gasteiger partial charge in [0.25, 0.3) is 0 Å². The molecule has 1 atom stereocenters. The summed E-state index contributed by atoms with van der Waals surface area (Å²) in [7, 11) is -0.611. The zero-order chi connectivity index (χ0) is 40.2. The molecular weight excluding hydrogens is 903 g/mol. The van der Waals surface area contributed by atoms with Gasteiger partial charge in [-0.2, -0.15) is 28.5 Å². The van der Waals surface area contributed by atoms with Gasteiger partial charge in [-0.15, -0.1) is 5.10 Å². The largest absolute Gasteiger partial charge is 1.00 e. The van der Waals surface area contributed by atoms with Crippen molar-refractivity contribution in [1.82, 2.24) is 39.5 Å². The van der Waals surface area contributed by atoms with Crippen LogP contribution in [-0.4, -0.2) is 78.4 Å². The van der Waals surface area contributed by atoms with Crippen molar-refractivity contribution in [2.45, 2.75) is 89.1 Å². The number of benzene rings is 2. The van der Waals surface area contributed by atoms with Gasteiger partial charge in [0.15, 0.2) is 12.4 Å². The summed E-state index contributed by atoms with van der Waals surface area (Å²) in [5.74, 6) is 0.392. The first kappa shape index (κ1) is 47.7. The monoisotopic (exact) mass is 946 g/mol. The fourth-order valence-electron chi connectivity index (χ4n) is 5.82. The van der Waals surface area contributed by atoms with Crippen LogP contribution in [-0.2, 0) is 4.74 Å². The van der Waals surface area contributed by atoms with Crippen molar-refractivity contribution in [3.63, 3.8) is 0 Å². The molecule has 1 saturated heterocycles. The summed E-state index contributed by atoms with van der Waals surface area (Å²) in [6.07, 6.45) is 2.36. The molecule has 2 aromatic carbocycles. The van der Waals surface area contributed by atoms with Crippen molar-refractivity contribution in [2.24, 2.45) is 0 Å². The predicted octanol–water partition coefficient (Wildman–Crippen LogP) is 3.10. The van der Waals surface area contributed by atoms with Gasteiger partial charge in [0.2, 0.25) is 0 Å². The van der Waals surface area contributed by atoms with Crippen LogP contribution in [0, 0.1) is 11.6 Å². The number of carbonyl (C=O) groups is 1. The summed E-state index contributed by atoms with van der Waals surface area (Å²) in [5, 5.41) is 23.9. The number of carbonyl (C=O) groups excluding carboxylic acids is 1. The second kappa shape index (κ2) is 20.5. The maximum atomic E-state index is 13.6. The molecule has 0 amide bonds. The molecule has 0 spiro atoms. The fraction of sp³-hybridized carbons (Fsp3) is 0.410. The molecule has 5 heterocycles. The normalized spacial score (nSPS) is 15.4. The summed E-state index contributed by atoms with van der Waals surface area (Å²) in [6.45, 7) is 11.3. The van der Waals surface area contributed by atoms with E-state index in [9.17, 15) is 31.9 Å². The first-order chi connectivity index (χ1) is 26.6. The Morgan fingerprint density at radius 1 is 0.776 bits per heavy atom. The number of aliphatic hydroxyl groups is 1. The first-order valence-corrected chi connectivity index (χ1v) is 22.4. The standard InChI is InChI=1S/C16H12F4N4O.C15H11FN4O.C4H8O.C4H12Si.Cs.FH/c17-9-1-4-11-13(6-9)24(10-2-3-10)15(22-11)8-5-12(23-21-7-8)14(25)16(18,19)20;16-10-1-4-13-14(6-10)20(12-2-3-12)15(18-13)9-5-11(8-21)19-17-7-9;1-2-4-5-3-1;1-5(2,3)4;;/h1,4-7,10,14,25H,2-3H2;1,4-8,12H,2-3H2;1-4H2;1-4H3;;1H/q;;;;+1;/p-1. The van der Waals surface area contributed by atoms with E-state index in [-0.39, 0.29) is 96.7 Å². The van der Waals surface area contributed by atoms with Gasteiger partial charge in [0.1, 0.15) is 34.7 Å². The van der Waals surface area contributed by atoms with E-state index in [4.69, 9.17) is 4.74 Å². The van der Waals surface area contributed by atoms with Crippen LogP contribution < -0.4 is 73.6 Å². The number of alkyl halides is 3. The van der Waals surface area contributed by atoms with Gasteiger partial charge in [0.05, 0.1) is 34.5 Å². The molecule has 4 aromatic heterocycles. The average Bonchev–Trinajstić information content (AvgIpc) is 4.03. The third-order valence-corrected chi connectivity index (χ3v) is 8.53. The Bertz CT molecular complexity index is 2290. The summed E-state index contributed by atoms with van der Waals surface area (Å²) in [4.78, 5) is 19.8. The van der Waals surface area contributed by atoms with Gasteiger partial charge in [-0.25, -0.2) is 18.7 Å². The minimum Gasteiger partial charge on any atom is -1.00 e. The minimum atomic E-state index is -4.84. The Kier molecular flexibility index (Phi) is 16.8. The number of halogens is 6. The molecule has 2 aliphatic carbocycles. The zero-order valence-electron chi connectivity index (χ0n) is 32.8. The van der Waals surface area contributed by atoms with Gasteiger partial charge in [-0.3, -0.25) is 4.79 Å². The summed E-state index contributed by atoms with van der Waals surface area (Å²) < 4.78 is 74.0. The molecule has 1 N–H and O–H groups in total. The van der Waals surface area contributed by atoms with E-state index in [1.54, 1.807) is 22.9 Å². The van der Waals surface area contributed by atoms with Crippen LogP contribution in [0.25, 0.3) is 44.8 Å². The molecule has 1 unspecified atom stereocenters. The van der Waals surface area contributed by atoms with Gasteiger partial charge in [-0.05, 0) is 87.1 Å². The van der Waals surface area contributed by atoms with Gasteiger partial charge in [0, 0.05) is 44.5 Å². The molecule has 0 radical (unpaired) electrons. The van der Waals surface area contributed by atoms with Crippen molar-refractivity contribution in [1.29, 1.82) is 0 Å². The first-order valence-electron chi connectivity index (χ1n) is 18.4. The third-order valence-electron chi connectivity index (χ3n) is 8.53. The number of aliphatic hydroxyl groups excluding tert-OH is 1. The van der Waals surface area contributed by atoms with Crippen LogP contribution in [0.5, 0.6) is 0 Å². The Morgan fingerprint density at radius 2 is 1.22 bits per heavy atom. The molecule has 6 aromatic rings. The van der Waals surface area contributed by atoms with E-state index in [1.807, 2.05) is 4.57 Å². The fourth-order valence-corrected chi connectivity index (χ4v) is 5.82. The van der Waals surface area contributed by atoms with E-state index < -0.39 is 31.9 Å². The number of imidazole rings is 2. The van der Waals surface area contributed by atoms with Gasteiger partial charge >= 0.3 is 75.1 Å². The topological polar surface area (TPSA) is 134 Å². The van der Waals surface area contributed by atoms with Crippen molar-refractivity contribution < 1.29 is 110 Å². The van der Waals surface area contributed by atoms with E-state index >= 15 is 0 Å². The Morgan fingerprint density at radius 3 is 1.62 bits per heavy atom. The van der Waals surface area contributed by atoms with E-state index in [0.717, 1.165) is 61.6 Å². The molecule has 3 aliphatic rings. The minimum absolute atomic E-state index is 0. The second-order valence-electron chi connectivity index (χ2n) is 15.5. The van der Waals surface area contributed by atoms with Crippen molar-refractivity contribution in [3.8, 4) is 22.8 Å². The second-order valence-corrected chi connectivity index (χ2v) is 21.5. The van der Waals surface area contributed by atoms with Crippen molar-refractivity contribution in [2.75, 3.05) is 13.2 Å². The molecule has 58 heavy (non-hydrogen) atoms. The molecule has 19 heteroatoms. The quantitative estimate of drug-likeness (QED) is 0.152. The number of nitrogens with zero attached hydrogens (tertiary/aromatic N) is 8. The van der Waals surface area contributed by atoms with Crippen molar-refractivity contribution >= 4 is 36.4 Å².